The Bertz CT molecular complexity index is 1890. The fraction of sp³-hybridized carbons (Fsp3) is 0.342. The van der Waals surface area contributed by atoms with Crippen LogP contribution < -0.4 is 20.5 Å². The highest BCUT2D eigenvalue weighted by molar-refractivity contribution is 5.93. The van der Waals surface area contributed by atoms with Crippen molar-refractivity contribution in [2.45, 2.75) is 65.6 Å². The molecule has 51 heavy (non-hydrogen) atoms. The quantitative estimate of drug-likeness (QED) is 0.137. The zero-order chi connectivity index (χ0) is 37.5. The Morgan fingerprint density at radius 3 is 2.25 bits per heavy atom. The molecule has 270 valence electrons. The zero-order valence-corrected chi connectivity index (χ0v) is 30.0. The van der Waals surface area contributed by atoms with E-state index in [1.165, 1.54) is 20.3 Å². The van der Waals surface area contributed by atoms with Gasteiger partial charge in [0.05, 0.1) is 31.7 Å². The fourth-order valence-corrected chi connectivity index (χ4v) is 5.70. The van der Waals surface area contributed by atoms with E-state index in [-0.39, 0.29) is 31.0 Å². The van der Waals surface area contributed by atoms with Gasteiger partial charge in [0.15, 0.2) is 11.5 Å². The third-order valence-electron chi connectivity index (χ3n) is 8.18. The fourth-order valence-electron chi connectivity index (χ4n) is 5.70. The van der Waals surface area contributed by atoms with Crippen molar-refractivity contribution in [2.24, 2.45) is 5.73 Å². The minimum atomic E-state index is -1.05. The summed E-state index contributed by atoms with van der Waals surface area (Å²) in [7, 11) is 3.07. The number of nitrogens with two attached hydrogens (primary N) is 1. The number of nitrogens with one attached hydrogen (secondary N) is 2. The molecular formula is C38H45N5O8. The summed E-state index contributed by atoms with van der Waals surface area (Å²) in [5, 5.41) is 12.2. The van der Waals surface area contributed by atoms with Gasteiger partial charge in [-0.2, -0.15) is 0 Å². The van der Waals surface area contributed by atoms with Gasteiger partial charge >= 0.3 is 12.1 Å². The molecule has 4 aromatic rings. The second-order valence-electron chi connectivity index (χ2n) is 13.2. The molecular weight excluding hydrogens is 654 g/mol. The van der Waals surface area contributed by atoms with E-state index in [0.717, 1.165) is 22.3 Å². The summed E-state index contributed by atoms with van der Waals surface area (Å²) in [6.07, 6.45) is 1.28. The molecule has 0 aliphatic heterocycles. The van der Waals surface area contributed by atoms with Crippen molar-refractivity contribution in [1.29, 1.82) is 0 Å². The third kappa shape index (κ3) is 10.1. The van der Waals surface area contributed by atoms with E-state index in [1.54, 1.807) is 74.3 Å². The first-order valence-electron chi connectivity index (χ1n) is 16.3. The number of aryl methyl sites for hydroxylation is 2. The molecule has 3 amide bonds. The van der Waals surface area contributed by atoms with Crippen molar-refractivity contribution in [3.05, 3.63) is 100.0 Å². The summed E-state index contributed by atoms with van der Waals surface area (Å²) in [4.78, 5) is 60.6. The van der Waals surface area contributed by atoms with E-state index in [0.29, 0.717) is 40.6 Å². The van der Waals surface area contributed by atoms with Gasteiger partial charge in [0.25, 0.3) is 0 Å². The number of alkyl carbamates (subject to hydrolysis) is 1. The number of carboxylic acids is 1. The highest BCUT2D eigenvalue weighted by Crippen LogP contribution is 2.29. The normalized spacial score (nSPS) is 11.7. The predicted octanol–water partition coefficient (Wildman–Crippen LogP) is 5.22. The second kappa shape index (κ2) is 16.2. The van der Waals surface area contributed by atoms with Crippen LogP contribution in [0.25, 0.3) is 11.3 Å². The third-order valence-corrected chi connectivity index (χ3v) is 8.18. The number of imidazole rings is 1. The Hall–Kier alpha value is -5.85. The predicted molar refractivity (Wildman–Crippen MR) is 191 cm³/mol. The number of primary amides is 1. The lowest BCUT2D eigenvalue weighted by Gasteiger charge is -2.30. The molecule has 0 radical (unpaired) electrons. The Morgan fingerprint density at radius 1 is 0.961 bits per heavy atom. The van der Waals surface area contributed by atoms with Crippen molar-refractivity contribution >= 4 is 23.9 Å². The number of amides is 3. The molecule has 0 fully saturated rings. The molecule has 0 saturated carbocycles. The van der Waals surface area contributed by atoms with Crippen LogP contribution in [-0.4, -0.2) is 76.3 Å². The van der Waals surface area contributed by atoms with Crippen LogP contribution in [0.4, 0.5) is 4.79 Å². The number of aromatic amines is 1. The van der Waals surface area contributed by atoms with Crippen LogP contribution in [0.5, 0.6) is 11.5 Å². The van der Waals surface area contributed by atoms with Crippen molar-refractivity contribution in [1.82, 2.24) is 20.2 Å². The number of benzene rings is 3. The SMILES string of the molecule is COc1ccc(CN(CCc2ncc(-c3cccc(C(=O)O)c3)[nH]2)C(=O)C(Cc2c(C)cc(C(N)=O)cc2C)NC(=O)OC(C)(C)C)cc1OC. The lowest BCUT2D eigenvalue weighted by Crippen LogP contribution is -2.51. The van der Waals surface area contributed by atoms with Gasteiger partial charge in [0, 0.05) is 37.1 Å². The average molecular weight is 700 g/mol. The first-order valence-corrected chi connectivity index (χ1v) is 16.3. The summed E-state index contributed by atoms with van der Waals surface area (Å²) < 4.78 is 16.5. The minimum Gasteiger partial charge on any atom is -0.493 e. The van der Waals surface area contributed by atoms with Crippen LogP contribution in [-0.2, 0) is 28.9 Å². The maximum absolute atomic E-state index is 14.6. The lowest BCUT2D eigenvalue weighted by molar-refractivity contribution is -0.134. The molecule has 0 aliphatic rings. The molecule has 0 aliphatic carbocycles. The van der Waals surface area contributed by atoms with Crippen molar-refractivity contribution in [2.75, 3.05) is 20.8 Å². The average Bonchev–Trinajstić information content (AvgIpc) is 3.55. The number of methoxy groups -OCH3 is 2. The molecule has 0 spiro atoms. The summed E-state index contributed by atoms with van der Waals surface area (Å²) in [6.45, 7) is 9.20. The van der Waals surface area contributed by atoms with Gasteiger partial charge in [-0.25, -0.2) is 14.6 Å². The number of H-pyrrole nitrogens is 1. The standard InChI is InChI=1S/C38H45N5O8/c1-22-15-27(34(39)44)16-23(2)28(22)19-29(42-37(48)51-38(3,4)5)35(45)43(21-24-11-12-31(49-6)32(17-24)50-7)14-13-33-40-20-30(41-33)25-9-8-10-26(18-25)36(46)47/h8-12,15-18,20,29H,13-14,19,21H2,1-7H3,(H2,39,44)(H,40,41)(H,42,48)(H,46,47). The number of carbonyl (C=O) groups is 4. The highest BCUT2D eigenvalue weighted by atomic mass is 16.6. The van der Waals surface area contributed by atoms with E-state index in [4.69, 9.17) is 19.9 Å². The number of aromatic nitrogens is 2. The van der Waals surface area contributed by atoms with Gasteiger partial charge in [0.1, 0.15) is 17.5 Å². The highest BCUT2D eigenvalue weighted by Gasteiger charge is 2.30. The van der Waals surface area contributed by atoms with E-state index in [1.807, 2.05) is 19.9 Å². The molecule has 1 aromatic heterocycles. The Labute approximate surface area is 297 Å². The second-order valence-corrected chi connectivity index (χ2v) is 13.2. The number of hydrogen-bond acceptors (Lipinski definition) is 8. The number of carbonyl (C=O) groups excluding carboxylic acids is 3. The van der Waals surface area contributed by atoms with E-state index in [2.05, 4.69) is 15.3 Å². The van der Waals surface area contributed by atoms with Crippen LogP contribution in [0.2, 0.25) is 0 Å². The van der Waals surface area contributed by atoms with Crippen LogP contribution in [0.3, 0.4) is 0 Å². The van der Waals surface area contributed by atoms with Gasteiger partial charge in [-0.3, -0.25) is 9.59 Å². The Morgan fingerprint density at radius 2 is 1.65 bits per heavy atom. The molecule has 4 rings (SSSR count). The minimum absolute atomic E-state index is 0.113. The van der Waals surface area contributed by atoms with Gasteiger partial charge in [-0.15, -0.1) is 0 Å². The van der Waals surface area contributed by atoms with Gasteiger partial charge < -0.3 is 40.3 Å². The Balaban J connectivity index is 1.69. The smallest absolute Gasteiger partial charge is 0.408 e. The Kier molecular flexibility index (Phi) is 12.1. The number of aromatic carboxylic acids is 1. The lowest BCUT2D eigenvalue weighted by atomic mass is 9.93. The molecule has 1 unspecified atom stereocenters. The molecule has 1 atom stereocenters. The number of rotatable bonds is 14. The number of ether oxygens (including phenoxy) is 3. The summed E-state index contributed by atoms with van der Waals surface area (Å²) in [5.41, 5.74) is 9.52. The van der Waals surface area contributed by atoms with Crippen LogP contribution >= 0.6 is 0 Å². The van der Waals surface area contributed by atoms with Gasteiger partial charge in [-0.1, -0.05) is 18.2 Å². The number of nitrogens with zero attached hydrogens (tertiary/aromatic N) is 2. The van der Waals surface area contributed by atoms with Crippen LogP contribution in [0.1, 0.15) is 69.6 Å². The van der Waals surface area contributed by atoms with Gasteiger partial charge in [0.2, 0.25) is 11.8 Å². The number of carboxylic acid groups (broad SMARTS) is 1. The molecule has 1 heterocycles. The van der Waals surface area contributed by atoms with Crippen molar-refractivity contribution < 1.29 is 38.5 Å². The molecule has 5 N–H and O–H groups in total. The van der Waals surface area contributed by atoms with Crippen LogP contribution in [0.15, 0.2) is 60.8 Å². The first-order chi connectivity index (χ1) is 24.1. The molecule has 0 bridgehead atoms. The maximum atomic E-state index is 14.6. The van der Waals surface area contributed by atoms with E-state index in [9.17, 15) is 24.3 Å². The summed E-state index contributed by atoms with van der Waals surface area (Å²) in [6, 6.07) is 14.2. The van der Waals surface area contributed by atoms with Crippen molar-refractivity contribution in [3.8, 4) is 22.8 Å². The van der Waals surface area contributed by atoms with E-state index < -0.39 is 29.6 Å². The molecule has 3 aromatic carbocycles. The molecule has 13 nitrogen and oxygen atoms in total. The van der Waals surface area contributed by atoms with Gasteiger partial charge in [-0.05, 0) is 93.3 Å². The topological polar surface area (TPSA) is 186 Å². The van der Waals surface area contributed by atoms with Crippen LogP contribution in [0, 0.1) is 13.8 Å². The van der Waals surface area contributed by atoms with E-state index >= 15 is 0 Å². The summed E-state index contributed by atoms with van der Waals surface area (Å²) in [5.74, 6) is -0.390. The largest absolute Gasteiger partial charge is 0.493 e. The molecule has 13 heteroatoms. The molecule has 0 saturated heterocycles. The zero-order valence-electron chi connectivity index (χ0n) is 30.0. The number of hydrogen-bond donors (Lipinski definition) is 4. The first kappa shape index (κ1) is 38.0. The van der Waals surface area contributed by atoms with Crippen molar-refractivity contribution in [3.63, 3.8) is 0 Å². The summed E-state index contributed by atoms with van der Waals surface area (Å²) >= 11 is 0. The maximum Gasteiger partial charge on any atom is 0.408 e. The monoisotopic (exact) mass is 699 g/mol.